The minimum Gasteiger partial charge on any atom is -0.491 e. The smallest absolute Gasteiger partial charge is 0.156 e. The number of ether oxygens (including phenoxy) is 1. The third-order valence-electron chi connectivity index (χ3n) is 2.90. The van der Waals surface area contributed by atoms with Crippen molar-refractivity contribution in [2.24, 2.45) is 0 Å². The summed E-state index contributed by atoms with van der Waals surface area (Å²) in [7, 11) is 0. The Hall–Kier alpha value is -1.20. The van der Waals surface area contributed by atoms with Crippen LogP contribution in [0.25, 0.3) is 0 Å². The molecule has 0 unspecified atom stereocenters. The van der Waals surface area contributed by atoms with Gasteiger partial charge in [0.1, 0.15) is 0 Å². The molecule has 1 N–H and O–H groups in total. The van der Waals surface area contributed by atoms with Gasteiger partial charge >= 0.3 is 0 Å². The molecule has 0 aliphatic heterocycles. The Labute approximate surface area is 132 Å². The quantitative estimate of drug-likeness (QED) is 0.835. The zero-order chi connectivity index (χ0) is 14.5. The van der Waals surface area contributed by atoms with Crippen LogP contribution >= 0.6 is 27.5 Å². The van der Waals surface area contributed by atoms with Gasteiger partial charge in [-0.15, -0.1) is 0 Å². The SMILES string of the molecule is CCOc1c(Br)cc(Cl)cc1NCc1cncn1CC. The van der Waals surface area contributed by atoms with Crippen LogP contribution in [0.5, 0.6) is 5.75 Å². The number of nitrogens with zero attached hydrogens (tertiary/aromatic N) is 2. The normalized spacial score (nSPS) is 10.6. The molecule has 0 radical (unpaired) electrons. The highest BCUT2D eigenvalue weighted by Gasteiger charge is 2.10. The lowest BCUT2D eigenvalue weighted by Gasteiger charge is -2.15. The van der Waals surface area contributed by atoms with E-state index in [1.54, 1.807) is 0 Å². The van der Waals surface area contributed by atoms with Gasteiger partial charge in [0.25, 0.3) is 0 Å². The fourth-order valence-corrected chi connectivity index (χ4v) is 2.87. The fraction of sp³-hybridized carbons (Fsp3) is 0.357. The number of benzene rings is 1. The van der Waals surface area contributed by atoms with E-state index in [1.807, 2.05) is 31.6 Å². The Bertz CT molecular complexity index is 586. The highest BCUT2D eigenvalue weighted by atomic mass is 79.9. The zero-order valence-corrected chi connectivity index (χ0v) is 13.8. The van der Waals surface area contributed by atoms with Gasteiger partial charge in [-0.1, -0.05) is 11.6 Å². The molecule has 0 aliphatic rings. The summed E-state index contributed by atoms with van der Waals surface area (Å²) in [4.78, 5) is 4.16. The first-order valence-electron chi connectivity index (χ1n) is 6.50. The van der Waals surface area contributed by atoms with Crippen LogP contribution in [0.3, 0.4) is 0 Å². The molecule has 2 aromatic rings. The van der Waals surface area contributed by atoms with Crippen LogP contribution in [0.2, 0.25) is 5.02 Å². The van der Waals surface area contributed by atoms with E-state index in [4.69, 9.17) is 16.3 Å². The third kappa shape index (κ3) is 3.46. The second kappa shape index (κ2) is 6.99. The van der Waals surface area contributed by atoms with Crippen molar-refractivity contribution in [3.8, 4) is 5.75 Å². The van der Waals surface area contributed by atoms with Crippen molar-refractivity contribution in [2.45, 2.75) is 26.9 Å². The first-order valence-corrected chi connectivity index (χ1v) is 7.67. The molecule has 1 aromatic carbocycles. The minimum atomic E-state index is 0.599. The summed E-state index contributed by atoms with van der Waals surface area (Å²) in [6, 6.07) is 3.69. The number of anilines is 1. The van der Waals surface area contributed by atoms with Crippen molar-refractivity contribution in [1.29, 1.82) is 0 Å². The minimum absolute atomic E-state index is 0.599. The van der Waals surface area contributed by atoms with Crippen molar-refractivity contribution >= 4 is 33.2 Å². The average molecular weight is 359 g/mol. The number of hydrogen-bond donors (Lipinski definition) is 1. The van der Waals surface area contributed by atoms with Crippen molar-refractivity contribution in [2.75, 3.05) is 11.9 Å². The van der Waals surface area contributed by atoms with Gasteiger partial charge in [-0.25, -0.2) is 4.98 Å². The molecule has 2 rings (SSSR count). The Kier molecular flexibility index (Phi) is 5.31. The number of aromatic nitrogens is 2. The average Bonchev–Trinajstić information content (AvgIpc) is 2.87. The molecule has 0 aliphatic carbocycles. The molecule has 4 nitrogen and oxygen atoms in total. The molecule has 0 amide bonds. The van der Waals surface area contributed by atoms with Gasteiger partial charge in [0.2, 0.25) is 0 Å². The summed E-state index contributed by atoms with van der Waals surface area (Å²) in [6.45, 7) is 6.21. The van der Waals surface area contributed by atoms with Crippen molar-refractivity contribution in [3.63, 3.8) is 0 Å². The third-order valence-corrected chi connectivity index (χ3v) is 3.70. The Balaban J connectivity index is 2.20. The highest BCUT2D eigenvalue weighted by Crippen LogP contribution is 2.36. The molecular formula is C14H17BrClN3O. The fourth-order valence-electron chi connectivity index (χ4n) is 1.95. The summed E-state index contributed by atoms with van der Waals surface area (Å²) < 4.78 is 8.59. The van der Waals surface area contributed by atoms with Crippen LogP contribution in [0.15, 0.2) is 29.1 Å². The zero-order valence-electron chi connectivity index (χ0n) is 11.5. The van der Waals surface area contributed by atoms with E-state index >= 15 is 0 Å². The van der Waals surface area contributed by atoms with E-state index in [-0.39, 0.29) is 0 Å². The van der Waals surface area contributed by atoms with Gasteiger partial charge in [-0.3, -0.25) is 0 Å². The maximum atomic E-state index is 6.10. The maximum absolute atomic E-state index is 6.10. The second-order valence-corrected chi connectivity index (χ2v) is 5.51. The number of nitrogens with one attached hydrogen (secondary N) is 1. The summed E-state index contributed by atoms with van der Waals surface area (Å²) in [6.07, 6.45) is 3.69. The van der Waals surface area contributed by atoms with Gasteiger partial charge in [-0.05, 0) is 41.9 Å². The molecule has 6 heteroatoms. The highest BCUT2D eigenvalue weighted by molar-refractivity contribution is 9.10. The van der Waals surface area contributed by atoms with E-state index in [2.05, 4.69) is 37.7 Å². The largest absolute Gasteiger partial charge is 0.491 e. The predicted molar refractivity (Wildman–Crippen MR) is 85.5 cm³/mol. The molecule has 1 heterocycles. The number of halogens is 2. The second-order valence-electron chi connectivity index (χ2n) is 4.22. The van der Waals surface area contributed by atoms with E-state index < -0.39 is 0 Å². The van der Waals surface area contributed by atoms with Crippen LogP contribution < -0.4 is 10.1 Å². The number of hydrogen-bond acceptors (Lipinski definition) is 3. The lowest BCUT2D eigenvalue weighted by molar-refractivity contribution is 0.339. The van der Waals surface area contributed by atoms with E-state index in [1.165, 1.54) is 0 Å². The summed E-state index contributed by atoms with van der Waals surface area (Å²) in [5.74, 6) is 0.777. The van der Waals surface area contributed by atoms with Crippen molar-refractivity contribution < 1.29 is 4.74 Å². The van der Waals surface area contributed by atoms with Gasteiger partial charge in [-0.2, -0.15) is 0 Å². The maximum Gasteiger partial charge on any atom is 0.156 e. The molecule has 0 atom stereocenters. The van der Waals surface area contributed by atoms with Gasteiger partial charge in [0.15, 0.2) is 5.75 Å². The molecule has 0 spiro atoms. The lowest BCUT2D eigenvalue weighted by Crippen LogP contribution is -2.07. The van der Waals surface area contributed by atoms with E-state index in [9.17, 15) is 0 Å². The molecule has 20 heavy (non-hydrogen) atoms. The van der Waals surface area contributed by atoms with Crippen LogP contribution in [0, 0.1) is 0 Å². The molecule has 0 fully saturated rings. The van der Waals surface area contributed by atoms with E-state index in [0.717, 1.165) is 28.1 Å². The monoisotopic (exact) mass is 357 g/mol. The molecular weight excluding hydrogens is 342 g/mol. The van der Waals surface area contributed by atoms with Gasteiger partial charge in [0, 0.05) is 17.8 Å². The summed E-state index contributed by atoms with van der Waals surface area (Å²) in [5, 5.41) is 4.02. The summed E-state index contributed by atoms with van der Waals surface area (Å²) >= 11 is 9.58. The first kappa shape index (κ1) is 15.2. The van der Waals surface area contributed by atoms with Crippen LogP contribution in [-0.2, 0) is 13.1 Å². The Morgan fingerprint density at radius 2 is 2.20 bits per heavy atom. The Morgan fingerprint density at radius 3 is 2.90 bits per heavy atom. The van der Waals surface area contributed by atoms with E-state index in [0.29, 0.717) is 18.2 Å². The topological polar surface area (TPSA) is 39.1 Å². The molecule has 1 aromatic heterocycles. The van der Waals surface area contributed by atoms with Crippen LogP contribution in [0.1, 0.15) is 19.5 Å². The molecule has 108 valence electrons. The van der Waals surface area contributed by atoms with Crippen molar-refractivity contribution in [3.05, 3.63) is 39.8 Å². The Morgan fingerprint density at radius 1 is 1.40 bits per heavy atom. The molecule has 0 saturated carbocycles. The lowest BCUT2D eigenvalue weighted by atomic mass is 10.3. The van der Waals surface area contributed by atoms with Crippen LogP contribution in [0.4, 0.5) is 5.69 Å². The number of imidazole rings is 1. The van der Waals surface area contributed by atoms with Crippen LogP contribution in [-0.4, -0.2) is 16.2 Å². The van der Waals surface area contributed by atoms with Crippen molar-refractivity contribution in [1.82, 2.24) is 9.55 Å². The number of aryl methyl sites for hydroxylation is 1. The standard InChI is InChI=1S/C14H17BrClN3O/c1-3-19-9-17-7-11(19)8-18-13-6-10(16)5-12(15)14(13)20-4-2/h5-7,9,18H,3-4,8H2,1-2H3. The predicted octanol–water partition coefficient (Wildman–Crippen LogP) is 4.33. The number of rotatable bonds is 6. The summed E-state index contributed by atoms with van der Waals surface area (Å²) in [5.41, 5.74) is 1.99. The molecule has 0 saturated heterocycles. The molecule has 0 bridgehead atoms. The van der Waals surface area contributed by atoms with Gasteiger partial charge < -0.3 is 14.6 Å². The van der Waals surface area contributed by atoms with Gasteiger partial charge in [0.05, 0.1) is 35.3 Å². The first-order chi connectivity index (χ1) is 9.65.